The molecule has 0 spiro atoms. The highest BCUT2D eigenvalue weighted by Crippen LogP contribution is 2.25. The van der Waals surface area contributed by atoms with E-state index < -0.39 is 9.84 Å². The first kappa shape index (κ1) is 26.5. The molecule has 0 aliphatic carbocycles. The molecule has 2 N–H and O–H groups in total. The first-order valence-corrected chi connectivity index (χ1v) is 13.3. The lowest BCUT2D eigenvalue weighted by Gasteiger charge is -2.32. The SMILES string of the molecule is CCCC(C)C(CCC(CO)CCC(=O)CN1CCCC(CNC)C1)S(C)(=O)=O. The highest BCUT2D eigenvalue weighted by molar-refractivity contribution is 7.91. The quantitative estimate of drug-likeness (QED) is 0.413. The molecule has 1 saturated heterocycles. The van der Waals surface area contributed by atoms with E-state index in [1.165, 1.54) is 12.7 Å². The van der Waals surface area contributed by atoms with Gasteiger partial charge in [-0.05, 0) is 76.4 Å². The Balaban J connectivity index is 2.44. The molecule has 29 heavy (non-hydrogen) atoms. The number of aliphatic hydroxyl groups is 1. The number of hydrogen-bond acceptors (Lipinski definition) is 6. The van der Waals surface area contributed by atoms with Gasteiger partial charge in [-0.1, -0.05) is 20.3 Å². The molecule has 0 aromatic heterocycles. The van der Waals surface area contributed by atoms with Crippen LogP contribution in [0.25, 0.3) is 0 Å². The smallest absolute Gasteiger partial charge is 0.150 e. The summed E-state index contributed by atoms with van der Waals surface area (Å²) in [5.74, 6) is 0.966. The van der Waals surface area contributed by atoms with E-state index in [1.54, 1.807) is 0 Å². The number of rotatable bonds is 15. The number of carbonyl (C=O) groups is 1. The summed E-state index contributed by atoms with van der Waals surface area (Å²) in [6.45, 7) is 7.54. The van der Waals surface area contributed by atoms with Crippen LogP contribution < -0.4 is 5.32 Å². The van der Waals surface area contributed by atoms with Crippen LogP contribution in [0, 0.1) is 17.8 Å². The zero-order valence-electron chi connectivity index (χ0n) is 19.0. The van der Waals surface area contributed by atoms with Crippen LogP contribution in [0.5, 0.6) is 0 Å². The van der Waals surface area contributed by atoms with Gasteiger partial charge in [0.2, 0.25) is 0 Å². The Morgan fingerprint density at radius 3 is 2.55 bits per heavy atom. The molecule has 4 unspecified atom stereocenters. The third-order valence-corrected chi connectivity index (χ3v) is 8.17. The van der Waals surface area contributed by atoms with Crippen LogP contribution in [-0.4, -0.2) is 75.5 Å². The lowest BCUT2D eigenvalue weighted by atomic mass is 9.91. The number of likely N-dealkylation sites (tertiary alicyclic amines) is 1. The van der Waals surface area contributed by atoms with Gasteiger partial charge < -0.3 is 10.4 Å². The highest BCUT2D eigenvalue weighted by atomic mass is 32.2. The number of nitrogens with one attached hydrogen (secondary N) is 1. The molecule has 1 fully saturated rings. The summed E-state index contributed by atoms with van der Waals surface area (Å²) < 4.78 is 24.4. The second-order valence-electron chi connectivity index (χ2n) is 9.14. The summed E-state index contributed by atoms with van der Waals surface area (Å²) in [6.07, 6.45) is 7.87. The lowest BCUT2D eigenvalue weighted by molar-refractivity contribution is -0.121. The van der Waals surface area contributed by atoms with Crippen molar-refractivity contribution in [1.29, 1.82) is 0 Å². The Morgan fingerprint density at radius 1 is 1.24 bits per heavy atom. The van der Waals surface area contributed by atoms with Crippen LogP contribution in [-0.2, 0) is 14.6 Å². The monoisotopic (exact) mass is 432 g/mol. The van der Waals surface area contributed by atoms with Gasteiger partial charge in [0, 0.05) is 25.8 Å². The molecule has 0 radical (unpaired) electrons. The van der Waals surface area contributed by atoms with Crippen molar-refractivity contribution in [3.8, 4) is 0 Å². The van der Waals surface area contributed by atoms with Crippen molar-refractivity contribution in [2.45, 2.75) is 70.5 Å². The van der Waals surface area contributed by atoms with E-state index in [2.05, 4.69) is 17.1 Å². The fraction of sp³-hybridized carbons (Fsp3) is 0.955. The zero-order chi connectivity index (χ0) is 21.9. The molecule has 1 aliphatic heterocycles. The van der Waals surface area contributed by atoms with Crippen molar-refractivity contribution in [2.75, 3.05) is 46.1 Å². The molecule has 1 rings (SSSR count). The number of carbonyl (C=O) groups excluding carboxylic acids is 1. The first-order valence-electron chi connectivity index (χ1n) is 11.4. The van der Waals surface area contributed by atoms with Crippen LogP contribution in [0.3, 0.4) is 0 Å². The van der Waals surface area contributed by atoms with E-state index in [-0.39, 0.29) is 29.5 Å². The maximum Gasteiger partial charge on any atom is 0.150 e. The van der Waals surface area contributed by atoms with Crippen molar-refractivity contribution >= 4 is 15.6 Å². The fourth-order valence-corrected chi connectivity index (χ4v) is 6.28. The molecule has 0 aromatic rings. The van der Waals surface area contributed by atoms with Gasteiger partial charge in [-0.15, -0.1) is 0 Å². The third-order valence-electron chi connectivity index (χ3n) is 6.37. The lowest BCUT2D eigenvalue weighted by Crippen LogP contribution is -2.41. The molecule has 0 amide bonds. The van der Waals surface area contributed by atoms with E-state index in [0.29, 0.717) is 38.1 Å². The molecule has 0 bridgehead atoms. The number of Topliss-reactive ketones (excluding diaryl/α,β-unsaturated/α-hetero) is 1. The maximum absolute atomic E-state index is 12.5. The van der Waals surface area contributed by atoms with Gasteiger partial charge in [0.25, 0.3) is 0 Å². The standard InChI is InChI=1S/C22H44N2O4S/c1-5-7-18(2)22(29(4,27)28)12-10-19(17-25)9-11-21(26)16-24-13-6-8-20(15-24)14-23-3/h18-20,22-23,25H,5-17H2,1-4H3. The Bertz CT molecular complexity index is 565. The number of sulfone groups is 1. The third kappa shape index (κ3) is 10.4. The normalized spacial score (nSPS) is 21.6. The second kappa shape index (κ2) is 13.7. The number of hydrogen-bond donors (Lipinski definition) is 2. The Kier molecular flexibility index (Phi) is 12.6. The van der Waals surface area contributed by atoms with E-state index in [1.807, 2.05) is 14.0 Å². The largest absolute Gasteiger partial charge is 0.396 e. The van der Waals surface area contributed by atoms with Crippen molar-refractivity contribution in [1.82, 2.24) is 10.2 Å². The molecule has 172 valence electrons. The summed E-state index contributed by atoms with van der Waals surface area (Å²) in [7, 11) is -1.14. The van der Waals surface area contributed by atoms with Crippen LogP contribution in [0.1, 0.15) is 65.2 Å². The van der Waals surface area contributed by atoms with Gasteiger partial charge >= 0.3 is 0 Å². The highest BCUT2D eigenvalue weighted by Gasteiger charge is 2.27. The predicted octanol–water partition coefficient (Wildman–Crippen LogP) is 2.51. The van der Waals surface area contributed by atoms with Crippen molar-refractivity contribution in [3.63, 3.8) is 0 Å². The molecular formula is C22H44N2O4S. The topological polar surface area (TPSA) is 86.7 Å². The van der Waals surface area contributed by atoms with Gasteiger partial charge in [0.1, 0.15) is 5.78 Å². The molecule has 0 saturated carbocycles. The molecule has 4 atom stereocenters. The van der Waals surface area contributed by atoms with Gasteiger partial charge in [-0.25, -0.2) is 8.42 Å². The van der Waals surface area contributed by atoms with Crippen molar-refractivity contribution in [2.24, 2.45) is 17.8 Å². The molecule has 1 heterocycles. The van der Waals surface area contributed by atoms with E-state index in [4.69, 9.17) is 0 Å². The molecular weight excluding hydrogens is 388 g/mol. The van der Waals surface area contributed by atoms with Crippen LogP contribution in [0.4, 0.5) is 0 Å². The summed E-state index contributed by atoms with van der Waals surface area (Å²) in [5.41, 5.74) is 0. The minimum absolute atomic E-state index is 0.00424. The van der Waals surface area contributed by atoms with Crippen LogP contribution in [0.2, 0.25) is 0 Å². The summed E-state index contributed by atoms with van der Waals surface area (Å²) >= 11 is 0. The Hall–Kier alpha value is -0.500. The predicted molar refractivity (Wildman–Crippen MR) is 120 cm³/mol. The minimum atomic E-state index is -3.11. The summed E-state index contributed by atoms with van der Waals surface area (Å²) in [6, 6.07) is 0. The minimum Gasteiger partial charge on any atom is -0.396 e. The van der Waals surface area contributed by atoms with E-state index >= 15 is 0 Å². The Labute approximate surface area is 178 Å². The number of ketones is 1. The Morgan fingerprint density at radius 2 is 1.97 bits per heavy atom. The number of nitrogens with zero attached hydrogens (tertiary/aromatic N) is 1. The molecule has 1 aliphatic rings. The maximum atomic E-state index is 12.5. The number of aliphatic hydroxyl groups excluding tert-OH is 1. The second-order valence-corrected chi connectivity index (χ2v) is 11.4. The van der Waals surface area contributed by atoms with Gasteiger partial charge in [-0.3, -0.25) is 9.69 Å². The van der Waals surface area contributed by atoms with E-state index in [0.717, 1.165) is 38.9 Å². The van der Waals surface area contributed by atoms with Gasteiger partial charge in [0.05, 0.1) is 11.8 Å². The van der Waals surface area contributed by atoms with Crippen molar-refractivity contribution < 1.29 is 18.3 Å². The zero-order valence-corrected chi connectivity index (χ0v) is 19.8. The molecule has 6 nitrogen and oxygen atoms in total. The fourth-order valence-electron chi connectivity index (χ4n) is 4.73. The first-order chi connectivity index (χ1) is 13.7. The number of piperidine rings is 1. The van der Waals surface area contributed by atoms with Gasteiger partial charge in [-0.2, -0.15) is 0 Å². The average Bonchev–Trinajstić information content (AvgIpc) is 2.64. The van der Waals surface area contributed by atoms with Gasteiger partial charge in [0.15, 0.2) is 9.84 Å². The van der Waals surface area contributed by atoms with Crippen LogP contribution >= 0.6 is 0 Å². The average molecular weight is 433 g/mol. The van der Waals surface area contributed by atoms with Crippen molar-refractivity contribution in [3.05, 3.63) is 0 Å². The van der Waals surface area contributed by atoms with Crippen LogP contribution in [0.15, 0.2) is 0 Å². The van der Waals surface area contributed by atoms with E-state index in [9.17, 15) is 18.3 Å². The molecule has 0 aromatic carbocycles. The summed E-state index contributed by atoms with van der Waals surface area (Å²) in [5, 5.41) is 12.6. The summed E-state index contributed by atoms with van der Waals surface area (Å²) in [4.78, 5) is 14.7. The molecule has 7 heteroatoms.